The summed E-state index contributed by atoms with van der Waals surface area (Å²) < 4.78 is 1.42. The van der Waals surface area contributed by atoms with Gasteiger partial charge >= 0.3 is 0 Å². The third-order valence-electron chi connectivity index (χ3n) is 3.58. The number of hydrogen-bond acceptors (Lipinski definition) is 5. The molecule has 0 saturated heterocycles. The Kier molecular flexibility index (Phi) is 5.53. The van der Waals surface area contributed by atoms with Gasteiger partial charge in [0.1, 0.15) is 16.9 Å². The first-order chi connectivity index (χ1) is 12.5. The second-order valence-electron chi connectivity index (χ2n) is 5.72. The van der Waals surface area contributed by atoms with Crippen molar-refractivity contribution in [1.82, 2.24) is 19.7 Å². The van der Waals surface area contributed by atoms with Crippen molar-refractivity contribution in [2.45, 2.75) is 32.1 Å². The largest absolute Gasteiger partial charge is 0.309 e. The molecule has 26 heavy (non-hydrogen) atoms. The normalized spacial score (nSPS) is 12.1. The lowest BCUT2D eigenvalue weighted by Gasteiger charge is -2.09. The van der Waals surface area contributed by atoms with Crippen LogP contribution >= 0.6 is 22.9 Å². The smallest absolute Gasteiger partial charge is 0.252 e. The van der Waals surface area contributed by atoms with E-state index in [2.05, 4.69) is 20.4 Å². The highest BCUT2D eigenvalue weighted by Crippen LogP contribution is 2.27. The molecule has 3 aromatic rings. The van der Waals surface area contributed by atoms with Gasteiger partial charge in [0, 0.05) is 17.8 Å². The Morgan fingerprint density at radius 2 is 2.27 bits per heavy atom. The van der Waals surface area contributed by atoms with E-state index in [4.69, 9.17) is 11.6 Å². The molecule has 1 atom stereocenters. The average Bonchev–Trinajstić information content (AvgIpc) is 3.23. The molecule has 0 radical (unpaired) electrons. The van der Waals surface area contributed by atoms with Crippen LogP contribution in [0.5, 0.6) is 0 Å². The van der Waals surface area contributed by atoms with Gasteiger partial charge in [-0.3, -0.25) is 14.6 Å². The molecule has 3 heterocycles. The number of aryl methyl sites for hydroxylation is 1. The molecule has 0 fully saturated rings. The van der Waals surface area contributed by atoms with Crippen LogP contribution in [0, 0.1) is 0 Å². The number of thiophene rings is 1. The molecule has 0 aromatic carbocycles. The third-order valence-corrected chi connectivity index (χ3v) is 4.68. The summed E-state index contributed by atoms with van der Waals surface area (Å²) in [6.07, 6.45) is 1.54. The predicted octanol–water partition coefficient (Wildman–Crippen LogP) is 3.20. The van der Waals surface area contributed by atoms with Crippen LogP contribution < -0.4 is 10.9 Å². The van der Waals surface area contributed by atoms with Crippen LogP contribution in [0.4, 0.5) is 5.82 Å². The molecule has 0 spiro atoms. The van der Waals surface area contributed by atoms with E-state index < -0.39 is 5.38 Å². The number of hydrogen-bond donors (Lipinski definition) is 2. The first-order valence-corrected chi connectivity index (χ1v) is 9.49. The summed E-state index contributed by atoms with van der Waals surface area (Å²) >= 11 is 7.39. The lowest BCUT2D eigenvalue weighted by Crippen LogP contribution is -2.23. The number of anilines is 1. The number of alkyl halides is 1. The van der Waals surface area contributed by atoms with Crippen molar-refractivity contribution in [3.8, 4) is 16.5 Å². The monoisotopic (exact) mass is 391 g/mol. The van der Waals surface area contributed by atoms with E-state index in [1.165, 1.54) is 22.1 Å². The third kappa shape index (κ3) is 4.03. The lowest BCUT2D eigenvalue weighted by atomic mass is 10.2. The van der Waals surface area contributed by atoms with Gasteiger partial charge in [-0.1, -0.05) is 19.4 Å². The van der Waals surface area contributed by atoms with Crippen molar-refractivity contribution < 1.29 is 4.79 Å². The maximum absolute atomic E-state index is 12.1. The summed E-state index contributed by atoms with van der Waals surface area (Å²) in [4.78, 5) is 32.1. The fraction of sp³-hybridized carbons (Fsp3) is 0.294. The van der Waals surface area contributed by atoms with E-state index >= 15 is 0 Å². The Balaban J connectivity index is 2.09. The molecule has 0 aliphatic rings. The van der Waals surface area contributed by atoms with E-state index in [1.54, 1.807) is 13.0 Å². The number of aromatic nitrogens is 4. The standard InChI is InChI=1S/C17H18ClN5O2S/c1-3-5-11-8-15(24)21-17(19-11)23-14(20-16(25)10(2)18)9-12(22-23)13-6-4-7-26-13/h4,6-10H,3,5H2,1-2H3,(H,20,25)(H,19,21,24). The number of amides is 1. The molecule has 7 nitrogen and oxygen atoms in total. The zero-order valence-electron chi connectivity index (χ0n) is 14.3. The Bertz CT molecular complexity index is 962. The summed E-state index contributed by atoms with van der Waals surface area (Å²) in [6, 6.07) is 7.04. The van der Waals surface area contributed by atoms with Gasteiger partial charge < -0.3 is 5.32 Å². The van der Waals surface area contributed by atoms with Crippen LogP contribution in [0.3, 0.4) is 0 Å². The van der Waals surface area contributed by atoms with Gasteiger partial charge in [0.15, 0.2) is 0 Å². The van der Waals surface area contributed by atoms with E-state index in [0.717, 1.165) is 11.3 Å². The molecule has 136 valence electrons. The second kappa shape index (κ2) is 7.84. The topological polar surface area (TPSA) is 92.7 Å². The van der Waals surface area contributed by atoms with E-state index in [0.29, 0.717) is 23.6 Å². The number of H-pyrrole nitrogens is 1. The van der Waals surface area contributed by atoms with E-state index in [9.17, 15) is 9.59 Å². The number of aromatic amines is 1. The molecular weight excluding hydrogens is 374 g/mol. The number of nitrogens with zero attached hydrogens (tertiary/aromatic N) is 3. The Labute approximate surface area is 159 Å². The molecule has 1 amide bonds. The average molecular weight is 392 g/mol. The fourth-order valence-electron chi connectivity index (χ4n) is 2.38. The van der Waals surface area contributed by atoms with Crippen molar-refractivity contribution in [3.05, 3.63) is 45.7 Å². The van der Waals surface area contributed by atoms with Crippen molar-refractivity contribution >= 4 is 34.7 Å². The highest BCUT2D eigenvalue weighted by Gasteiger charge is 2.18. The minimum Gasteiger partial charge on any atom is -0.309 e. The van der Waals surface area contributed by atoms with Crippen LogP contribution in [-0.4, -0.2) is 31.0 Å². The van der Waals surface area contributed by atoms with Crippen molar-refractivity contribution in [1.29, 1.82) is 0 Å². The van der Waals surface area contributed by atoms with E-state index in [1.807, 2.05) is 24.4 Å². The van der Waals surface area contributed by atoms with Gasteiger partial charge in [-0.25, -0.2) is 4.98 Å². The second-order valence-corrected chi connectivity index (χ2v) is 7.32. The van der Waals surface area contributed by atoms with Crippen LogP contribution in [0.1, 0.15) is 26.0 Å². The van der Waals surface area contributed by atoms with Gasteiger partial charge in [0.25, 0.3) is 5.56 Å². The van der Waals surface area contributed by atoms with Crippen LogP contribution in [0.25, 0.3) is 16.5 Å². The summed E-state index contributed by atoms with van der Waals surface area (Å²) in [7, 11) is 0. The minimum absolute atomic E-state index is 0.251. The molecule has 3 aromatic heterocycles. The molecule has 0 bridgehead atoms. The zero-order valence-corrected chi connectivity index (χ0v) is 15.9. The number of carbonyl (C=O) groups excluding carboxylic acids is 1. The van der Waals surface area contributed by atoms with Gasteiger partial charge in [-0.05, 0) is 24.8 Å². The number of rotatable bonds is 6. The van der Waals surface area contributed by atoms with Crippen LogP contribution in [0.2, 0.25) is 0 Å². The summed E-state index contributed by atoms with van der Waals surface area (Å²) in [5, 5.41) is 8.48. The Morgan fingerprint density at radius 1 is 1.46 bits per heavy atom. The first-order valence-electron chi connectivity index (χ1n) is 8.17. The SMILES string of the molecule is CCCc1cc(=O)[nH]c(-n2nc(-c3cccs3)cc2NC(=O)C(C)Cl)n1. The van der Waals surface area contributed by atoms with Gasteiger partial charge in [0.2, 0.25) is 11.9 Å². The Hall–Kier alpha value is -2.45. The molecule has 0 aliphatic carbocycles. The van der Waals surface area contributed by atoms with Gasteiger partial charge in [0.05, 0.1) is 4.88 Å². The summed E-state index contributed by atoms with van der Waals surface area (Å²) in [6.45, 7) is 3.60. The number of halogens is 1. The quantitative estimate of drug-likeness (QED) is 0.631. The molecule has 0 saturated carbocycles. The zero-order chi connectivity index (χ0) is 18.7. The van der Waals surface area contributed by atoms with Crippen molar-refractivity contribution in [3.63, 3.8) is 0 Å². The maximum Gasteiger partial charge on any atom is 0.252 e. The van der Waals surface area contributed by atoms with Crippen molar-refractivity contribution in [2.75, 3.05) is 5.32 Å². The first kappa shape index (κ1) is 18.3. The lowest BCUT2D eigenvalue weighted by molar-refractivity contribution is -0.115. The van der Waals surface area contributed by atoms with Crippen molar-refractivity contribution in [2.24, 2.45) is 0 Å². The predicted molar refractivity (Wildman–Crippen MR) is 103 cm³/mol. The number of nitrogens with one attached hydrogen (secondary N) is 2. The maximum atomic E-state index is 12.1. The molecular formula is C17H18ClN5O2S. The van der Waals surface area contributed by atoms with E-state index in [-0.39, 0.29) is 17.4 Å². The van der Waals surface area contributed by atoms with Crippen LogP contribution in [-0.2, 0) is 11.2 Å². The fourth-order valence-corrected chi connectivity index (χ4v) is 3.12. The highest BCUT2D eigenvalue weighted by molar-refractivity contribution is 7.13. The summed E-state index contributed by atoms with van der Waals surface area (Å²) in [5.41, 5.74) is 1.07. The number of carbonyl (C=O) groups is 1. The Morgan fingerprint density at radius 3 is 2.92 bits per heavy atom. The van der Waals surface area contributed by atoms with Gasteiger partial charge in [-0.2, -0.15) is 9.78 Å². The summed E-state index contributed by atoms with van der Waals surface area (Å²) in [5.74, 6) is 0.279. The minimum atomic E-state index is -0.707. The molecule has 0 aliphatic heterocycles. The van der Waals surface area contributed by atoms with Crippen LogP contribution in [0.15, 0.2) is 34.4 Å². The van der Waals surface area contributed by atoms with Gasteiger partial charge in [-0.15, -0.1) is 22.9 Å². The molecule has 1 unspecified atom stereocenters. The highest BCUT2D eigenvalue weighted by atomic mass is 35.5. The molecule has 3 rings (SSSR count). The molecule has 2 N–H and O–H groups in total. The molecule has 9 heteroatoms.